The Bertz CT molecular complexity index is 524. The van der Waals surface area contributed by atoms with E-state index in [1.54, 1.807) is 6.20 Å². The number of nitrogens with one attached hydrogen (secondary N) is 2. The summed E-state index contributed by atoms with van der Waals surface area (Å²) < 4.78 is 13.4. The van der Waals surface area contributed by atoms with E-state index >= 15 is 0 Å². The van der Waals surface area contributed by atoms with Gasteiger partial charge >= 0.3 is 0 Å². The lowest BCUT2D eigenvalue weighted by Crippen LogP contribution is -2.12. The molecule has 0 saturated heterocycles. The van der Waals surface area contributed by atoms with Gasteiger partial charge in [-0.05, 0) is 18.2 Å². The van der Waals surface area contributed by atoms with Crippen LogP contribution in [0.25, 0.3) is 0 Å². The van der Waals surface area contributed by atoms with Gasteiger partial charge in [-0.15, -0.1) is 0 Å². The zero-order valence-electron chi connectivity index (χ0n) is 8.90. The van der Waals surface area contributed by atoms with Gasteiger partial charge in [0.25, 0.3) is 0 Å². The summed E-state index contributed by atoms with van der Waals surface area (Å²) >= 11 is 0. The molecule has 1 aromatic carbocycles. The monoisotopic (exact) mass is 234 g/mol. The largest absolute Gasteiger partial charge is 0.377 e. The number of halogens is 1. The Balaban J connectivity index is 2.14. The molecule has 0 atom stereocenters. The van der Waals surface area contributed by atoms with Gasteiger partial charge in [-0.2, -0.15) is 0 Å². The van der Waals surface area contributed by atoms with E-state index in [1.807, 2.05) is 0 Å². The van der Waals surface area contributed by atoms with E-state index in [1.165, 1.54) is 24.5 Å². The lowest BCUT2D eigenvalue weighted by Gasteiger charge is -2.07. The quantitative estimate of drug-likeness (QED) is 0.744. The molecule has 0 aliphatic carbocycles. The number of nitrogens with two attached hydrogens (primary N) is 1. The number of nitrogens with zero attached hydrogens (tertiary/aromatic N) is 1. The molecule has 0 aliphatic rings. The highest BCUT2D eigenvalue weighted by molar-refractivity contribution is 5.93. The highest BCUT2D eigenvalue weighted by Crippen LogP contribution is 2.16. The average molecular weight is 234 g/mol. The Labute approximate surface area is 96.9 Å². The van der Waals surface area contributed by atoms with E-state index in [9.17, 15) is 9.18 Å². The summed E-state index contributed by atoms with van der Waals surface area (Å²) in [5.74, 6) is -1.02. The van der Waals surface area contributed by atoms with Gasteiger partial charge < -0.3 is 16.0 Å². The van der Waals surface area contributed by atoms with Crippen molar-refractivity contribution in [3.63, 3.8) is 0 Å². The Morgan fingerprint density at radius 3 is 3.00 bits per heavy atom. The molecule has 6 heteroatoms. The Hall–Kier alpha value is -2.37. The number of aromatic amines is 1. The molecule has 5 nitrogen and oxygen atoms in total. The molecule has 1 amide bonds. The first-order valence-corrected chi connectivity index (χ1v) is 4.97. The lowest BCUT2D eigenvalue weighted by molar-refractivity contribution is 0.100. The van der Waals surface area contributed by atoms with Crippen LogP contribution in [-0.4, -0.2) is 15.9 Å². The molecular weight excluding hydrogens is 223 g/mol. The lowest BCUT2D eigenvalue weighted by atomic mass is 10.2. The minimum Gasteiger partial charge on any atom is -0.377 e. The fraction of sp³-hybridized carbons (Fsp3) is 0.0909. The fourth-order valence-corrected chi connectivity index (χ4v) is 1.39. The minimum absolute atomic E-state index is 0.232. The number of hydrogen-bond donors (Lipinski definition) is 3. The van der Waals surface area contributed by atoms with Crippen LogP contribution in [0.15, 0.2) is 30.7 Å². The molecule has 0 spiro atoms. The fourth-order valence-electron chi connectivity index (χ4n) is 1.39. The number of primary amides is 1. The van der Waals surface area contributed by atoms with Crippen molar-refractivity contribution in [3.8, 4) is 0 Å². The molecule has 17 heavy (non-hydrogen) atoms. The maximum Gasteiger partial charge on any atom is 0.248 e. The number of amides is 1. The zero-order chi connectivity index (χ0) is 12.3. The van der Waals surface area contributed by atoms with E-state index in [-0.39, 0.29) is 11.3 Å². The van der Waals surface area contributed by atoms with E-state index in [2.05, 4.69) is 15.3 Å². The zero-order valence-corrected chi connectivity index (χ0v) is 8.90. The van der Waals surface area contributed by atoms with Crippen LogP contribution in [0, 0.1) is 5.82 Å². The van der Waals surface area contributed by atoms with Crippen LogP contribution >= 0.6 is 0 Å². The molecule has 2 aromatic rings. The predicted octanol–water partition coefficient (Wildman–Crippen LogP) is 1.26. The molecular formula is C11H11FN4O. The maximum atomic E-state index is 13.4. The number of H-pyrrole nitrogens is 1. The second kappa shape index (κ2) is 4.65. The first kappa shape index (κ1) is 11.1. The number of carbonyl (C=O) groups excluding carboxylic acids is 1. The Morgan fingerprint density at radius 1 is 1.53 bits per heavy atom. The molecule has 4 N–H and O–H groups in total. The third-order valence-corrected chi connectivity index (χ3v) is 2.28. The minimum atomic E-state index is -0.588. The van der Waals surface area contributed by atoms with Gasteiger partial charge in [0.05, 0.1) is 24.3 Å². The molecule has 1 heterocycles. The van der Waals surface area contributed by atoms with Crippen molar-refractivity contribution in [2.45, 2.75) is 6.54 Å². The number of benzene rings is 1. The van der Waals surface area contributed by atoms with Crippen LogP contribution in [0.5, 0.6) is 0 Å². The van der Waals surface area contributed by atoms with Crippen molar-refractivity contribution < 1.29 is 9.18 Å². The number of rotatable bonds is 4. The number of anilines is 1. The second-order valence-corrected chi connectivity index (χ2v) is 3.49. The van der Waals surface area contributed by atoms with Gasteiger partial charge in [-0.1, -0.05) is 0 Å². The molecule has 0 saturated carbocycles. The van der Waals surface area contributed by atoms with E-state index in [0.29, 0.717) is 6.54 Å². The maximum absolute atomic E-state index is 13.4. The molecule has 2 rings (SSSR count). The molecule has 0 aliphatic heterocycles. The molecule has 0 fully saturated rings. The van der Waals surface area contributed by atoms with Crippen LogP contribution in [-0.2, 0) is 6.54 Å². The Kier molecular flexibility index (Phi) is 3.04. The van der Waals surface area contributed by atoms with Gasteiger partial charge in [-0.3, -0.25) is 4.79 Å². The number of imidazole rings is 1. The van der Waals surface area contributed by atoms with Crippen molar-refractivity contribution in [2.75, 3.05) is 5.32 Å². The topological polar surface area (TPSA) is 83.8 Å². The standard InChI is InChI=1S/C11H11FN4O/c12-9-2-1-7(11(13)17)3-10(9)15-5-8-4-14-6-16-8/h1-4,6,15H,5H2,(H2,13,17)(H,14,16). The normalized spacial score (nSPS) is 10.2. The number of aromatic nitrogens is 2. The highest BCUT2D eigenvalue weighted by Gasteiger charge is 2.06. The Morgan fingerprint density at radius 2 is 2.35 bits per heavy atom. The van der Waals surface area contributed by atoms with Crippen molar-refractivity contribution in [1.82, 2.24) is 9.97 Å². The first-order chi connectivity index (χ1) is 8.16. The molecule has 0 unspecified atom stereocenters. The van der Waals surface area contributed by atoms with E-state index in [4.69, 9.17) is 5.73 Å². The number of carbonyl (C=O) groups is 1. The molecule has 0 bridgehead atoms. The smallest absolute Gasteiger partial charge is 0.248 e. The summed E-state index contributed by atoms with van der Waals surface area (Å²) in [5.41, 5.74) is 6.43. The SMILES string of the molecule is NC(=O)c1ccc(F)c(NCc2cnc[nH]2)c1. The van der Waals surface area contributed by atoms with Crippen LogP contribution in [0.2, 0.25) is 0 Å². The predicted molar refractivity (Wildman–Crippen MR) is 60.8 cm³/mol. The summed E-state index contributed by atoms with van der Waals surface area (Å²) in [6.07, 6.45) is 3.16. The van der Waals surface area contributed by atoms with Gasteiger partial charge in [0.15, 0.2) is 0 Å². The third-order valence-electron chi connectivity index (χ3n) is 2.28. The summed E-state index contributed by atoms with van der Waals surface area (Å²) in [6, 6.07) is 3.93. The third kappa shape index (κ3) is 2.60. The van der Waals surface area contributed by atoms with Crippen LogP contribution in [0.3, 0.4) is 0 Å². The van der Waals surface area contributed by atoms with Crippen LogP contribution in [0.1, 0.15) is 16.1 Å². The van der Waals surface area contributed by atoms with Crippen molar-refractivity contribution >= 4 is 11.6 Å². The summed E-state index contributed by atoms with van der Waals surface area (Å²) in [5, 5.41) is 2.86. The average Bonchev–Trinajstić information content (AvgIpc) is 2.80. The van der Waals surface area contributed by atoms with Crippen molar-refractivity contribution in [2.24, 2.45) is 5.73 Å². The summed E-state index contributed by atoms with van der Waals surface area (Å²) in [4.78, 5) is 17.7. The van der Waals surface area contributed by atoms with Gasteiger partial charge in [0, 0.05) is 11.8 Å². The molecule has 88 valence electrons. The summed E-state index contributed by atoms with van der Waals surface area (Å²) in [6.45, 7) is 0.388. The second-order valence-electron chi connectivity index (χ2n) is 3.49. The number of hydrogen-bond acceptors (Lipinski definition) is 3. The van der Waals surface area contributed by atoms with E-state index in [0.717, 1.165) is 5.69 Å². The summed E-state index contributed by atoms with van der Waals surface area (Å²) in [7, 11) is 0. The molecule has 1 aromatic heterocycles. The van der Waals surface area contributed by atoms with Gasteiger partial charge in [-0.25, -0.2) is 9.37 Å². The van der Waals surface area contributed by atoms with Gasteiger partial charge in [0.2, 0.25) is 5.91 Å². The van der Waals surface area contributed by atoms with Crippen LogP contribution in [0.4, 0.5) is 10.1 Å². The molecule has 0 radical (unpaired) electrons. The first-order valence-electron chi connectivity index (χ1n) is 4.97. The van der Waals surface area contributed by atoms with Crippen LogP contribution < -0.4 is 11.1 Å². The van der Waals surface area contributed by atoms with Crippen molar-refractivity contribution in [1.29, 1.82) is 0 Å². The highest BCUT2D eigenvalue weighted by atomic mass is 19.1. The van der Waals surface area contributed by atoms with E-state index < -0.39 is 11.7 Å². The van der Waals surface area contributed by atoms with Crippen molar-refractivity contribution in [3.05, 3.63) is 47.8 Å². The van der Waals surface area contributed by atoms with Gasteiger partial charge in [0.1, 0.15) is 5.82 Å².